The first-order valence-electron chi connectivity index (χ1n) is 8.11. The molecule has 0 atom stereocenters. The summed E-state index contributed by atoms with van der Waals surface area (Å²) in [5.74, 6) is 0. The number of nitrogens with zero attached hydrogens (tertiary/aromatic N) is 3. The van der Waals surface area contributed by atoms with Gasteiger partial charge in [-0.15, -0.1) is 0 Å². The number of aromatic amines is 1. The molecule has 0 radical (unpaired) electrons. The largest absolute Gasteiger partial charge is 0.385 e. The van der Waals surface area contributed by atoms with Crippen LogP contribution in [0, 0.1) is 0 Å². The molecule has 3 aromatic rings. The number of aromatic nitrogens is 3. The number of fused-ring (bicyclic) bond motifs is 3. The predicted octanol–water partition coefficient (Wildman–Crippen LogP) is 3.74. The molecule has 130 valence electrons. The molecule has 1 aliphatic rings. The summed E-state index contributed by atoms with van der Waals surface area (Å²) in [5, 5.41) is 12.4. The molecule has 1 amide bonds. The van der Waals surface area contributed by atoms with Gasteiger partial charge in [-0.1, -0.05) is 23.2 Å². The van der Waals surface area contributed by atoms with Crippen molar-refractivity contribution >= 4 is 46.2 Å². The van der Waals surface area contributed by atoms with Crippen molar-refractivity contribution in [3.05, 3.63) is 34.2 Å². The number of benzene rings is 1. The molecular weight excluding hydrogens is 361 g/mol. The van der Waals surface area contributed by atoms with Gasteiger partial charge in [0.2, 0.25) is 6.41 Å². The molecule has 0 bridgehead atoms. The lowest BCUT2D eigenvalue weighted by Gasteiger charge is -2.26. The number of anilines is 1. The minimum absolute atomic E-state index is 0.516. The van der Waals surface area contributed by atoms with E-state index in [2.05, 4.69) is 20.1 Å². The van der Waals surface area contributed by atoms with Gasteiger partial charge in [-0.05, 0) is 13.0 Å². The first-order chi connectivity index (χ1) is 12.2. The van der Waals surface area contributed by atoms with E-state index < -0.39 is 0 Å². The van der Waals surface area contributed by atoms with Crippen LogP contribution in [-0.2, 0) is 17.9 Å². The van der Waals surface area contributed by atoms with Gasteiger partial charge in [-0.25, -0.2) is 0 Å². The number of hydrogen-bond acceptors (Lipinski definition) is 3. The lowest BCUT2D eigenvalue weighted by Crippen LogP contribution is -2.32. The molecule has 4 rings (SSSR count). The van der Waals surface area contributed by atoms with Crippen LogP contribution in [0.2, 0.25) is 10.0 Å². The molecule has 1 aromatic carbocycles. The van der Waals surface area contributed by atoms with E-state index in [9.17, 15) is 4.79 Å². The molecule has 2 N–H and O–H groups in total. The summed E-state index contributed by atoms with van der Waals surface area (Å²) in [5.41, 5.74) is 4.87. The van der Waals surface area contributed by atoms with Crippen LogP contribution >= 0.6 is 23.2 Å². The number of H-pyrrole nitrogens is 1. The Morgan fingerprint density at radius 2 is 2.24 bits per heavy atom. The molecule has 0 unspecified atom stereocenters. The minimum Gasteiger partial charge on any atom is -0.385 e. The molecule has 0 fully saturated rings. The molecule has 3 heterocycles. The summed E-state index contributed by atoms with van der Waals surface area (Å²) in [4.78, 5) is 13.1. The number of nitrogens with one attached hydrogen (secondary N) is 2. The Morgan fingerprint density at radius 1 is 1.40 bits per heavy atom. The van der Waals surface area contributed by atoms with E-state index in [4.69, 9.17) is 23.2 Å². The molecular formula is C17H17Cl2N5O. The topological polar surface area (TPSA) is 66.0 Å². The molecule has 0 spiro atoms. The van der Waals surface area contributed by atoms with E-state index in [-0.39, 0.29) is 0 Å². The summed E-state index contributed by atoms with van der Waals surface area (Å²) in [6.45, 7) is 4.64. The molecule has 25 heavy (non-hydrogen) atoms. The fourth-order valence-corrected chi connectivity index (χ4v) is 4.01. The van der Waals surface area contributed by atoms with E-state index in [1.165, 1.54) is 0 Å². The normalized spacial score (nSPS) is 14.0. The maximum absolute atomic E-state index is 11.3. The fraction of sp³-hybridized carbons (Fsp3) is 0.294. The summed E-state index contributed by atoms with van der Waals surface area (Å²) in [7, 11) is 0. The van der Waals surface area contributed by atoms with Crippen LogP contribution < -0.4 is 5.32 Å². The minimum atomic E-state index is 0.516. The van der Waals surface area contributed by atoms with Gasteiger partial charge >= 0.3 is 0 Å². The zero-order valence-corrected chi connectivity index (χ0v) is 15.2. The van der Waals surface area contributed by atoms with Gasteiger partial charge < -0.3 is 14.8 Å². The third-order valence-corrected chi connectivity index (χ3v) is 5.37. The van der Waals surface area contributed by atoms with Crippen LogP contribution in [0.5, 0.6) is 0 Å². The number of hydrogen-bond donors (Lipinski definition) is 2. The van der Waals surface area contributed by atoms with Crippen LogP contribution in [0.3, 0.4) is 0 Å². The number of amides is 1. The molecule has 0 saturated heterocycles. The van der Waals surface area contributed by atoms with Crippen LogP contribution in [0.15, 0.2) is 18.5 Å². The molecule has 6 nitrogen and oxygen atoms in total. The Labute approximate surface area is 154 Å². The van der Waals surface area contributed by atoms with Gasteiger partial charge in [0.05, 0.1) is 28.3 Å². The van der Waals surface area contributed by atoms with Gasteiger partial charge in [-0.2, -0.15) is 5.10 Å². The Bertz CT molecular complexity index is 948. The van der Waals surface area contributed by atoms with E-state index in [0.29, 0.717) is 29.7 Å². The highest BCUT2D eigenvalue weighted by Gasteiger charge is 2.28. The van der Waals surface area contributed by atoms with E-state index in [1.54, 1.807) is 11.1 Å². The Hall–Kier alpha value is -2.18. The van der Waals surface area contributed by atoms with Gasteiger partial charge in [0.15, 0.2) is 0 Å². The van der Waals surface area contributed by atoms with Crippen molar-refractivity contribution in [3.8, 4) is 11.1 Å². The van der Waals surface area contributed by atoms with Crippen LogP contribution in [0.1, 0.15) is 12.6 Å². The highest BCUT2D eigenvalue weighted by molar-refractivity contribution is 6.46. The lowest BCUT2D eigenvalue weighted by molar-refractivity contribution is -0.119. The second kappa shape index (κ2) is 6.28. The van der Waals surface area contributed by atoms with E-state index in [0.717, 1.165) is 46.4 Å². The monoisotopic (exact) mass is 377 g/mol. The van der Waals surface area contributed by atoms with Crippen LogP contribution in [0.4, 0.5) is 5.69 Å². The first-order valence-corrected chi connectivity index (χ1v) is 8.86. The van der Waals surface area contributed by atoms with Crippen molar-refractivity contribution in [1.29, 1.82) is 0 Å². The maximum Gasteiger partial charge on any atom is 0.210 e. The Balaban J connectivity index is 2.12. The van der Waals surface area contributed by atoms with Gasteiger partial charge in [-0.3, -0.25) is 9.89 Å². The van der Waals surface area contributed by atoms with Crippen molar-refractivity contribution < 1.29 is 4.79 Å². The third kappa shape index (κ3) is 2.48. The zero-order valence-electron chi connectivity index (χ0n) is 13.6. The van der Waals surface area contributed by atoms with Crippen molar-refractivity contribution in [2.75, 3.05) is 18.4 Å². The molecule has 8 heteroatoms. The fourth-order valence-electron chi connectivity index (χ4n) is 3.56. The van der Waals surface area contributed by atoms with Crippen molar-refractivity contribution in [2.45, 2.75) is 20.0 Å². The average Bonchev–Trinajstić information content (AvgIpc) is 3.24. The average molecular weight is 378 g/mol. The van der Waals surface area contributed by atoms with Crippen LogP contribution in [-0.4, -0.2) is 39.2 Å². The van der Waals surface area contributed by atoms with Crippen molar-refractivity contribution in [3.63, 3.8) is 0 Å². The quantitative estimate of drug-likeness (QED) is 0.680. The molecule has 1 aliphatic heterocycles. The second-order valence-corrected chi connectivity index (χ2v) is 6.80. The predicted molar refractivity (Wildman–Crippen MR) is 100 cm³/mol. The molecule has 0 aliphatic carbocycles. The second-order valence-electron chi connectivity index (χ2n) is 6.01. The lowest BCUT2D eigenvalue weighted by atomic mass is 10.0. The summed E-state index contributed by atoms with van der Waals surface area (Å²) >= 11 is 13.0. The van der Waals surface area contributed by atoms with Gasteiger partial charge in [0, 0.05) is 53.7 Å². The van der Waals surface area contributed by atoms with Crippen molar-refractivity contribution in [1.82, 2.24) is 19.7 Å². The Morgan fingerprint density at radius 3 is 2.92 bits per heavy atom. The Kier molecular flexibility index (Phi) is 4.09. The van der Waals surface area contributed by atoms with Gasteiger partial charge in [0.1, 0.15) is 0 Å². The highest BCUT2D eigenvalue weighted by atomic mass is 35.5. The standard InChI is InChI=1S/C17H17Cl2N5O/c1-2-20-12-5-11(18)16(19)17-15(12)14(10-6-21-22-7-10)13-8-23(9-25)3-4-24(13)17/h5-7,9,20H,2-4,8H2,1H3,(H,21,22). The number of halogens is 2. The summed E-state index contributed by atoms with van der Waals surface area (Å²) in [6, 6.07) is 1.86. The molecule has 2 aromatic heterocycles. The maximum atomic E-state index is 11.3. The number of carbonyl (C=O) groups is 1. The smallest absolute Gasteiger partial charge is 0.210 e. The molecule has 0 saturated carbocycles. The van der Waals surface area contributed by atoms with Crippen molar-refractivity contribution in [2.24, 2.45) is 0 Å². The van der Waals surface area contributed by atoms with E-state index >= 15 is 0 Å². The van der Waals surface area contributed by atoms with E-state index in [1.807, 2.05) is 19.2 Å². The number of rotatable bonds is 4. The van der Waals surface area contributed by atoms with Gasteiger partial charge in [0.25, 0.3) is 0 Å². The number of carbonyl (C=O) groups excluding carboxylic acids is 1. The zero-order chi connectivity index (χ0) is 17.6. The first kappa shape index (κ1) is 16.3. The summed E-state index contributed by atoms with van der Waals surface area (Å²) < 4.78 is 2.17. The third-order valence-electron chi connectivity index (χ3n) is 4.60. The van der Waals surface area contributed by atoms with Crippen LogP contribution in [0.25, 0.3) is 22.0 Å². The SMILES string of the molecule is CCNc1cc(Cl)c(Cl)c2c1c(-c1cn[nH]c1)c1n2CCN(C=O)C1. The summed E-state index contributed by atoms with van der Waals surface area (Å²) in [6.07, 6.45) is 4.53. The highest BCUT2D eigenvalue weighted by Crippen LogP contribution is 2.45.